The van der Waals surface area contributed by atoms with Crippen LogP contribution in [0.5, 0.6) is 0 Å². The fraction of sp³-hybridized carbons (Fsp3) is 0.227. The lowest BCUT2D eigenvalue weighted by Crippen LogP contribution is -2.28. The molecule has 0 saturated carbocycles. The van der Waals surface area contributed by atoms with Crippen molar-refractivity contribution in [3.8, 4) is 0 Å². The van der Waals surface area contributed by atoms with Gasteiger partial charge in [-0.05, 0) is 18.6 Å². The molecule has 0 bridgehead atoms. The van der Waals surface area contributed by atoms with Crippen molar-refractivity contribution in [2.75, 3.05) is 11.9 Å². The second-order valence-electron chi connectivity index (χ2n) is 7.01. The number of hydrogen-bond donors (Lipinski definition) is 3. The normalized spacial score (nSPS) is 11.1. The molecule has 0 saturated heterocycles. The average Bonchev–Trinajstić information content (AvgIpc) is 3.17. The Balaban J connectivity index is 1.85. The molecular formula is C22H24N4O2. The highest BCUT2D eigenvalue weighted by molar-refractivity contribution is 6.09. The highest BCUT2D eigenvalue weighted by atomic mass is 16.5. The smallest absolute Gasteiger partial charge is 0.231 e. The van der Waals surface area contributed by atoms with Crippen molar-refractivity contribution in [1.82, 2.24) is 10.5 Å². The fourth-order valence-electron chi connectivity index (χ4n) is 2.93. The molecular weight excluding hydrogens is 352 g/mol. The highest BCUT2D eigenvalue weighted by Crippen LogP contribution is 2.32. The largest absolute Gasteiger partial charge is 0.357 e. The van der Waals surface area contributed by atoms with Crippen LogP contribution in [0.15, 0.2) is 65.2 Å². The van der Waals surface area contributed by atoms with Gasteiger partial charge in [-0.2, -0.15) is 0 Å². The summed E-state index contributed by atoms with van der Waals surface area (Å²) in [4.78, 5) is 12.8. The standard InChI is InChI=1S/C22H24N4O2/c1-4-24-21(23)25-19-14-18(26-28-19)22(2,3)17-12-8-11-16(13-17)20(27)15-9-6-5-7-10-15/h5-14H,4H2,1-3H3,(H3,23,24,25). The zero-order valence-corrected chi connectivity index (χ0v) is 16.2. The Bertz CT molecular complexity index is 977. The summed E-state index contributed by atoms with van der Waals surface area (Å²) in [5.41, 5.74) is 2.48. The number of carbonyl (C=O) groups excluding carboxylic acids is 1. The van der Waals surface area contributed by atoms with Crippen LogP contribution in [0.1, 0.15) is 48.0 Å². The van der Waals surface area contributed by atoms with Crippen LogP contribution >= 0.6 is 0 Å². The number of aromatic nitrogens is 1. The number of rotatable bonds is 6. The number of anilines is 1. The number of hydrogen-bond acceptors (Lipinski definition) is 4. The maximum atomic E-state index is 12.8. The number of nitrogens with zero attached hydrogens (tertiary/aromatic N) is 1. The van der Waals surface area contributed by atoms with Crippen LogP contribution in [0, 0.1) is 5.41 Å². The van der Waals surface area contributed by atoms with Gasteiger partial charge >= 0.3 is 0 Å². The minimum Gasteiger partial charge on any atom is -0.357 e. The van der Waals surface area contributed by atoms with E-state index in [0.717, 1.165) is 5.56 Å². The quantitative estimate of drug-likeness (QED) is 0.341. The fourth-order valence-corrected chi connectivity index (χ4v) is 2.93. The average molecular weight is 376 g/mol. The van der Waals surface area contributed by atoms with E-state index in [1.54, 1.807) is 6.07 Å². The van der Waals surface area contributed by atoms with Crippen LogP contribution in [-0.2, 0) is 5.41 Å². The Hall–Kier alpha value is -3.41. The first kappa shape index (κ1) is 19.4. The summed E-state index contributed by atoms with van der Waals surface area (Å²) in [5.74, 6) is 0.531. The number of carbonyl (C=O) groups is 1. The van der Waals surface area contributed by atoms with Gasteiger partial charge in [0.1, 0.15) is 0 Å². The first-order chi connectivity index (χ1) is 13.4. The van der Waals surface area contributed by atoms with Crippen LogP contribution in [-0.4, -0.2) is 23.4 Å². The van der Waals surface area contributed by atoms with Crippen molar-refractivity contribution in [1.29, 1.82) is 5.41 Å². The Morgan fingerprint density at radius 1 is 1.07 bits per heavy atom. The second kappa shape index (κ2) is 8.08. The van der Waals surface area contributed by atoms with Gasteiger partial charge in [0.25, 0.3) is 0 Å². The molecule has 28 heavy (non-hydrogen) atoms. The van der Waals surface area contributed by atoms with Gasteiger partial charge in [-0.15, -0.1) is 0 Å². The third kappa shape index (κ3) is 4.11. The molecule has 6 heteroatoms. The van der Waals surface area contributed by atoms with Crippen LogP contribution < -0.4 is 10.6 Å². The monoisotopic (exact) mass is 376 g/mol. The Morgan fingerprint density at radius 3 is 2.50 bits per heavy atom. The molecule has 3 N–H and O–H groups in total. The molecule has 144 valence electrons. The first-order valence-electron chi connectivity index (χ1n) is 9.18. The predicted octanol–water partition coefficient (Wildman–Crippen LogP) is 4.19. The second-order valence-corrected chi connectivity index (χ2v) is 7.01. The van der Waals surface area contributed by atoms with Crippen molar-refractivity contribution in [2.24, 2.45) is 0 Å². The summed E-state index contributed by atoms with van der Waals surface area (Å²) in [7, 11) is 0. The van der Waals surface area contributed by atoms with Gasteiger partial charge < -0.3 is 9.84 Å². The topological polar surface area (TPSA) is 91.0 Å². The molecule has 3 rings (SSSR count). The molecule has 1 aromatic heterocycles. The van der Waals surface area contributed by atoms with E-state index in [9.17, 15) is 4.79 Å². The van der Waals surface area contributed by atoms with Gasteiger partial charge in [0.2, 0.25) is 5.88 Å². The van der Waals surface area contributed by atoms with E-state index < -0.39 is 5.41 Å². The van der Waals surface area contributed by atoms with E-state index in [1.807, 2.05) is 75.4 Å². The molecule has 0 aliphatic carbocycles. The van der Waals surface area contributed by atoms with Gasteiger partial charge in [-0.1, -0.05) is 67.5 Å². The number of benzene rings is 2. The lowest BCUT2D eigenvalue weighted by molar-refractivity contribution is 0.103. The summed E-state index contributed by atoms with van der Waals surface area (Å²) in [6.45, 7) is 6.60. The van der Waals surface area contributed by atoms with Crippen LogP contribution in [0.25, 0.3) is 0 Å². The predicted molar refractivity (Wildman–Crippen MR) is 110 cm³/mol. The van der Waals surface area contributed by atoms with E-state index in [1.165, 1.54) is 0 Å². The van der Waals surface area contributed by atoms with Crippen molar-refractivity contribution in [2.45, 2.75) is 26.2 Å². The van der Waals surface area contributed by atoms with Gasteiger partial charge in [0, 0.05) is 29.2 Å². The molecule has 2 aromatic carbocycles. The van der Waals surface area contributed by atoms with E-state index in [-0.39, 0.29) is 11.7 Å². The lowest BCUT2D eigenvalue weighted by Gasteiger charge is -2.22. The summed E-state index contributed by atoms with van der Waals surface area (Å²) in [6.07, 6.45) is 0. The van der Waals surface area contributed by atoms with Gasteiger partial charge in [0.15, 0.2) is 11.7 Å². The molecule has 3 aromatic rings. The molecule has 1 heterocycles. The maximum absolute atomic E-state index is 12.8. The van der Waals surface area contributed by atoms with Crippen molar-refractivity contribution in [3.63, 3.8) is 0 Å². The Morgan fingerprint density at radius 2 is 1.79 bits per heavy atom. The van der Waals surface area contributed by atoms with Crippen molar-refractivity contribution >= 4 is 17.6 Å². The molecule has 0 spiro atoms. The molecule has 0 unspecified atom stereocenters. The lowest BCUT2D eigenvalue weighted by atomic mass is 9.80. The zero-order valence-electron chi connectivity index (χ0n) is 16.2. The first-order valence-corrected chi connectivity index (χ1v) is 9.18. The van der Waals surface area contributed by atoms with E-state index in [0.29, 0.717) is 29.2 Å². The summed E-state index contributed by atoms with van der Waals surface area (Å²) in [5, 5.41) is 17.6. The van der Waals surface area contributed by atoms with Crippen molar-refractivity contribution < 1.29 is 9.32 Å². The molecule has 0 aliphatic rings. The molecule has 6 nitrogen and oxygen atoms in total. The summed E-state index contributed by atoms with van der Waals surface area (Å²) >= 11 is 0. The molecule has 0 aliphatic heterocycles. The van der Waals surface area contributed by atoms with E-state index >= 15 is 0 Å². The number of guanidine groups is 1. The molecule has 0 radical (unpaired) electrons. The minimum atomic E-state index is -0.475. The SMILES string of the molecule is CCNC(=N)Nc1cc(C(C)(C)c2cccc(C(=O)c3ccccc3)c2)no1. The van der Waals surface area contributed by atoms with Gasteiger partial charge in [-0.3, -0.25) is 15.5 Å². The zero-order chi connectivity index (χ0) is 20.1. The third-order valence-electron chi connectivity index (χ3n) is 4.63. The Kier molecular flexibility index (Phi) is 5.59. The summed E-state index contributed by atoms with van der Waals surface area (Å²) in [6, 6.07) is 18.6. The van der Waals surface area contributed by atoms with Gasteiger partial charge in [-0.25, -0.2) is 0 Å². The van der Waals surface area contributed by atoms with Crippen LogP contribution in [0.3, 0.4) is 0 Å². The number of ketones is 1. The van der Waals surface area contributed by atoms with E-state index in [2.05, 4.69) is 15.8 Å². The molecule has 0 fully saturated rings. The van der Waals surface area contributed by atoms with E-state index in [4.69, 9.17) is 9.93 Å². The summed E-state index contributed by atoms with van der Waals surface area (Å²) < 4.78 is 5.33. The van der Waals surface area contributed by atoms with Gasteiger partial charge in [0.05, 0.1) is 5.69 Å². The third-order valence-corrected chi connectivity index (χ3v) is 4.63. The van der Waals surface area contributed by atoms with Crippen LogP contribution in [0.2, 0.25) is 0 Å². The molecule has 0 amide bonds. The number of nitrogens with one attached hydrogen (secondary N) is 3. The van der Waals surface area contributed by atoms with Crippen molar-refractivity contribution in [3.05, 3.63) is 83.0 Å². The minimum absolute atomic E-state index is 0.0140. The van der Waals surface area contributed by atoms with Crippen LogP contribution in [0.4, 0.5) is 5.88 Å². The highest BCUT2D eigenvalue weighted by Gasteiger charge is 2.28. The molecule has 0 atom stereocenters. The maximum Gasteiger partial charge on any atom is 0.231 e. The Labute approximate surface area is 164 Å².